The molecule has 0 spiro atoms. The van der Waals surface area contributed by atoms with Crippen molar-refractivity contribution in [1.82, 2.24) is 20.1 Å². The number of nitrogens with one attached hydrogen (secondary N) is 2. The topological polar surface area (TPSA) is 88.0 Å². The van der Waals surface area contributed by atoms with Crippen LogP contribution in [-0.2, 0) is 11.3 Å². The molecule has 28 heavy (non-hydrogen) atoms. The number of carbonyl (C=O) groups excluding carboxylic acids is 1. The minimum Gasteiger partial charge on any atom is -0.444 e. The highest BCUT2D eigenvalue weighted by atomic mass is 127. The Kier molecular flexibility index (Phi) is 9.77. The number of aliphatic imine (C=N–C) groups is 1. The number of hydrogen-bond donors (Lipinski definition) is 2. The summed E-state index contributed by atoms with van der Waals surface area (Å²) in [6.07, 6.45) is 3.36. The molecule has 0 radical (unpaired) electrons. The van der Waals surface area contributed by atoms with Gasteiger partial charge in [0.1, 0.15) is 5.60 Å². The number of unbranched alkanes of at least 4 members (excludes halogenated alkanes) is 1. The number of pyridine rings is 1. The van der Waals surface area contributed by atoms with E-state index in [2.05, 4.69) is 15.6 Å². The third-order valence-electron chi connectivity index (χ3n) is 4.11. The number of aromatic nitrogens is 1. The lowest BCUT2D eigenvalue weighted by molar-refractivity contribution is 0.00701. The quantitative estimate of drug-likeness (QED) is 0.268. The zero-order chi connectivity index (χ0) is 19.9. The van der Waals surface area contributed by atoms with Crippen LogP contribution in [0.3, 0.4) is 0 Å². The van der Waals surface area contributed by atoms with E-state index in [0.29, 0.717) is 19.6 Å². The lowest BCUT2D eigenvalue weighted by Gasteiger charge is -2.40. The van der Waals surface area contributed by atoms with E-state index in [1.165, 1.54) is 0 Å². The summed E-state index contributed by atoms with van der Waals surface area (Å²) in [5.41, 5.74) is -0.444. The summed E-state index contributed by atoms with van der Waals surface area (Å²) in [5.74, 6) is 0.723. The van der Waals surface area contributed by atoms with Crippen molar-refractivity contribution in [1.29, 1.82) is 0 Å². The van der Waals surface area contributed by atoms with Gasteiger partial charge < -0.3 is 24.8 Å². The number of guanidine groups is 1. The second kappa shape index (κ2) is 11.3. The van der Waals surface area contributed by atoms with Gasteiger partial charge in [0.2, 0.25) is 5.56 Å². The average Bonchev–Trinajstić information content (AvgIpc) is 2.55. The zero-order valence-corrected chi connectivity index (χ0v) is 19.4. The van der Waals surface area contributed by atoms with Gasteiger partial charge in [-0.15, -0.1) is 24.0 Å². The third-order valence-corrected chi connectivity index (χ3v) is 4.11. The molecular formula is C19H32IN5O3. The summed E-state index contributed by atoms with van der Waals surface area (Å²) in [5, 5.41) is 6.57. The van der Waals surface area contributed by atoms with Crippen molar-refractivity contribution in [2.75, 3.05) is 26.7 Å². The van der Waals surface area contributed by atoms with Crippen molar-refractivity contribution >= 4 is 36.0 Å². The summed E-state index contributed by atoms with van der Waals surface area (Å²) in [4.78, 5) is 29.5. The fourth-order valence-corrected chi connectivity index (χ4v) is 2.69. The second-order valence-electron chi connectivity index (χ2n) is 7.66. The van der Waals surface area contributed by atoms with Gasteiger partial charge in [0.05, 0.1) is 6.04 Å². The third kappa shape index (κ3) is 8.07. The van der Waals surface area contributed by atoms with Crippen LogP contribution in [0.4, 0.5) is 4.79 Å². The van der Waals surface area contributed by atoms with Crippen LogP contribution in [0.25, 0.3) is 0 Å². The van der Waals surface area contributed by atoms with Gasteiger partial charge in [0.25, 0.3) is 0 Å². The summed E-state index contributed by atoms with van der Waals surface area (Å²) in [6, 6.07) is 5.36. The van der Waals surface area contributed by atoms with E-state index in [4.69, 9.17) is 4.74 Å². The lowest BCUT2D eigenvalue weighted by Crippen LogP contribution is -2.63. The number of amides is 1. The first-order valence-corrected chi connectivity index (χ1v) is 9.39. The lowest BCUT2D eigenvalue weighted by atomic mass is 10.1. The molecule has 1 aliphatic rings. The Labute approximate surface area is 183 Å². The molecule has 2 rings (SSSR count). The molecule has 158 valence electrons. The zero-order valence-electron chi connectivity index (χ0n) is 17.1. The van der Waals surface area contributed by atoms with E-state index in [1.807, 2.05) is 33.0 Å². The number of likely N-dealkylation sites (tertiary alicyclic amines) is 1. The van der Waals surface area contributed by atoms with Crippen LogP contribution >= 0.6 is 24.0 Å². The number of carbonyl (C=O) groups is 1. The van der Waals surface area contributed by atoms with Crippen LogP contribution in [0, 0.1) is 0 Å². The van der Waals surface area contributed by atoms with Crippen molar-refractivity contribution in [2.45, 2.75) is 51.8 Å². The summed E-state index contributed by atoms with van der Waals surface area (Å²) in [7, 11) is 1.73. The molecule has 1 amide bonds. The summed E-state index contributed by atoms with van der Waals surface area (Å²) >= 11 is 0. The van der Waals surface area contributed by atoms with Crippen LogP contribution in [0.5, 0.6) is 0 Å². The van der Waals surface area contributed by atoms with E-state index in [9.17, 15) is 9.59 Å². The Bertz CT molecular complexity index is 708. The number of hydrogen-bond acceptors (Lipinski definition) is 4. The van der Waals surface area contributed by atoms with E-state index in [0.717, 1.165) is 25.3 Å². The molecule has 2 N–H and O–H groups in total. The van der Waals surface area contributed by atoms with Crippen molar-refractivity contribution in [2.24, 2.45) is 4.99 Å². The molecule has 0 aromatic carbocycles. The molecular weight excluding hydrogens is 473 g/mol. The SMILES string of the molecule is CN=C(NCCCCn1ccccc1=O)NC1CN(C(=O)OC(C)(C)C)C1.I. The predicted octanol–water partition coefficient (Wildman–Crippen LogP) is 2.03. The molecule has 1 saturated heterocycles. The highest BCUT2D eigenvalue weighted by molar-refractivity contribution is 14.0. The van der Waals surface area contributed by atoms with Gasteiger partial charge in [0, 0.05) is 45.5 Å². The van der Waals surface area contributed by atoms with Gasteiger partial charge >= 0.3 is 6.09 Å². The number of nitrogens with zero attached hydrogens (tertiary/aromatic N) is 3. The normalized spacial score (nSPS) is 14.7. The number of aryl methyl sites for hydroxylation is 1. The molecule has 0 saturated carbocycles. The van der Waals surface area contributed by atoms with Gasteiger partial charge in [-0.2, -0.15) is 0 Å². The Morgan fingerprint density at radius 3 is 2.61 bits per heavy atom. The molecule has 0 aliphatic carbocycles. The molecule has 1 fully saturated rings. The van der Waals surface area contributed by atoms with Crippen molar-refractivity contribution in [3.05, 3.63) is 34.7 Å². The minimum atomic E-state index is -0.474. The monoisotopic (exact) mass is 505 g/mol. The summed E-state index contributed by atoms with van der Waals surface area (Å²) < 4.78 is 7.06. The van der Waals surface area contributed by atoms with Gasteiger partial charge in [-0.3, -0.25) is 9.79 Å². The van der Waals surface area contributed by atoms with E-state index in [1.54, 1.807) is 28.6 Å². The minimum absolute atomic E-state index is 0. The molecule has 0 unspecified atom stereocenters. The maximum absolute atomic E-state index is 11.9. The molecule has 1 aliphatic heterocycles. The van der Waals surface area contributed by atoms with Gasteiger partial charge in [0.15, 0.2) is 5.96 Å². The molecule has 1 aromatic rings. The Morgan fingerprint density at radius 1 is 1.29 bits per heavy atom. The van der Waals surface area contributed by atoms with Gasteiger partial charge in [-0.25, -0.2) is 4.79 Å². The fraction of sp³-hybridized carbons (Fsp3) is 0.632. The smallest absolute Gasteiger partial charge is 0.410 e. The predicted molar refractivity (Wildman–Crippen MR) is 121 cm³/mol. The van der Waals surface area contributed by atoms with E-state index in [-0.39, 0.29) is 41.7 Å². The summed E-state index contributed by atoms with van der Waals surface area (Å²) in [6.45, 7) is 8.27. The average molecular weight is 505 g/mol. The van der Waals surface area contributed by atoms with E-state index < -0.39 is 5.60 Å². The van der Waals surface area contributed by atoms with Crippen LogP contribution < -0.4 is 16.2 Å². The molecule has 0 bridgehead atoms. The van der Waals surface area contributed by atoms with Gasteiger partial charge in [-0.05, 0) is 39.7 Å². The number of rotatable bonds is 6. The number of ether oxygens (including phenoxy) is 1. The van der Waals surface area contributed by atoms with Crippen molar-refractivity contribution in [3.8, 4) is 0 Å². The first-order valence-electron chi connectivity index (χ1n) is 9.39. The van der Waals surface area contributed by atoms with Crippen LogP contribution in [-0.4, -0.2) is 59.8 Å². The largest absolute Gasteiger partial charge is 0.444 e. The van der Waals surface area contributed by atoms with Gasteiger partial charge in [-0.1, -0.05) is 6.07 Å². The first-order chi connectivity index (χ1) is 12.8. The standard InChI is InChI=1S/C19H31N5O3.HI/c1-19(2,3)27-18(26)24-13-15(14-24)22-17(20-4)21-10-6-8-12-23-11-7-5-9-16(23)25;/h5,7,9,11,15H,6,8,10,12-14H2,1-4H3,(H2,20,21,22);1H. The van der Waals surface area contributed by atoms with Crippen LogP contribution in [0.1, 0.15) is 33.6 Å². The highest BCUT2D eigenvalue weighted by Gasteiger charge is 2.34. The molecule has 9 heteroatoms. The maximum atomic E-state index is 11.9. The molecule has 1 aromatic heterocycles. The Hall–Kier alpha value is -1.78. The van der Waals surface area contributed by atoms with Crippen molar-refractivity contribution in [3.63, 3.8) is 0 Å². The highest BCUT2D eigenvalue weighted by Crippen LogP contribution is 2.15. The Balaban J connectivity index is 0.00000392. The molecule has 0 atom stereocenters. The Morgan fingerprint density at radius 2 is 2.00 bits per heavy atom. The van der Waals surface area contributed by atoms with Crippen LogP contribution in [0.15, 0.2) is 34.2 Å². The fourth-order valence-electron chi connectivity index (χ4n) is 2.69. The molecule has 8 nitrogen and oxygen atoms in total. The van der Waals surface area contributed by atoms with Crippen LogP contribution in [0.2, 0.25) is 0 Å². The van der Waals surface area contributed by atoms with Crippen molar-refractivity contribution < 1.29 is 9.53 Å². The molecule has 2 heterocycles. The number of halogens is 1. The van der Waals surface area contributed by atoms with E-state index >= 15 is 0 Å². The maximum Gasteiger partial charge on any atom is 0.410 e. The second-order valence-corrected chi connectivity index (χ2v) is 7.66. The first kappa shape index (κ1) is 24.3.